The molecule has 6 nitrogen and oxygen atoms in total. The Morgan fingerprint density at radius 2 is 1.95 bits per heavy atom. The summed E-state index contributed by atoms with van der Waals surface area (Å²) in [5, 5.41) is 9.99. The van der Waals surface area contributed by atoms with Gasteiger partial charge in [-0.05, 0) is 37.8 Å². The predicted molar refractivity (Wildman–Crippen MR) is 70.3 cm³/mol. The highest BCUT2D eigenvalue weighted by Crippen LogP contribution is 2.25. The van der Waals surface area contributed by atoms with Crippen molar-refractivity contribution < 1.29 is 13.5 Å². The van der Waals surface area contributed by atoms with Crippen molar-refractivity contribution in [1.29, 1.82) is 0 Å². The Kier molecular flexibility index (Phi) is 4.10. The molecule has 1 N–H and O–H groups in total. The molecule has 1 aliphatic rings. The van der Waals surface area contributed by atoms with Crippen molar-refractivity contribution in [1.82, 2.24) is 14.3 Å². The van der Waals surface area contributed by atoms with Gasteiger partial charge in [-0.25, -0.2) is 18.4 Å². The molecule has 1 unspecified atom stereocenters. The topological polar surface area (TPSA) is 83.4 Å². The summed E-state index contributed by atoms with van der Waals surface area (Å²) in [5.41, 5.74) is -0.805. The Hall–Kier alpha value is -0.760. The molecule has 1 atom stereocenters. The molecule has 2 heterocycles. The molecular formula is C11H16ClN3O3S. The molecule has 0 radical (unpaired) electrons. The summed E-state index contributed by atoms with van der Waals surface area (Å²) >= 11 is 5.55. The normalized spacial score (nSPS) is 26.1. The van der Waals surface area contributed by atoms with E-state index in [9.17, 15) is 13.5 Å². The molecule has 1 aromatic heterocycles. The number of aromatic nitrogens is 2. The van der Waals surface area contributed by atoms with Crippen LogP contribution >= 0.6 is 11.6 Å². The van der Waals surface area contributed by atoms with Gasteiger partial charge < -0.3 is 5.11 Å². The molecule has 0 amide bonds. The van der Waals surface area contributed by atoms with E-state index in [1.807, 2.05) is 0 Å². The lowest BCUT2D eigenvalue weighted by molar-refractivity contribution is 0.0465. The lowest BCUT2D eigenvalue weighted by atomic mass is 9.98. The quantitative estimate of drug-likeness (QED) is 0.826. The van der Waals surface area contributed by atoms with Crippen molar-refractivity contribution in [3.63, 3.8) is 0 Å². The van der Waals surface area contributed by atoms with Crippen LogP contribution in [-0.4, -0.2) is 46.5 Å². The summed E-state index contributed by atoms with van der Waals surface area (Å²) in [4.78, 5) is 7.41. The summed E-state index contributed by atoms with van der Waals surface area (Å²) in [6.07, 6.45) is 4.04. The lowest BCUT2D eigenvalue weighted by Crippen LogP contribution is -2.33. The van der Waals surface area contributed by atoms with Crippen molar-refractivity contribution in [2.45, 2.75) is 36.7 Å². The molecule has 0 spiro atoms. The van der Waals surface area contributed by atoms with Crippen LogP contribution in [-0.2, 0) is 10.0 Å². The van der Waals surface area contributed by atoms with Gasteiger partial charge in [0.2, 0.25) is 15.3 Å². The molecule has 1 fully saturated rings. The van der Waals surface area contributed by atoms with Gasteiger partial charge in [0.25, 0.3) is 0 Å². The van der Waals surface area contributed by atoms with Crippen LogP contribution in [0.25, 0.3) is 0 Å². The van der Waals surface area contributed by atoms with Gasteiger partial charge >= 0.3 is 0 Å². The molecule has 1 aliphatic heterocycles. The van der Waals surface area contributed by atoms with E-state index in [-0.39, 0.29) is 16.7 Å². The van der Waals surface area contributed by atoms with Crippen LogP contribution in [0.2, 0.25) is 5.28 Å². The second-order valence-electron chi connectivity index (χ2n) is 4.94. The van der Waals surface area contributed by atoms with E-state index in [2.05, 4.69) is 9.97 Å². The van der Waals surface area contributed by atoms with E-state index < -0.39 is 15.6 Å². The highest BCUT2D eigenvalue weighted by molar-refractivity contribution is 7.89. The van der Waals surface area contributed by atoms with Gasteiger partial charge in [-0.3, -0.25) is 0 Å². The molecule has 19 heavy (non-hydrogen) atoms. The molecular weight excluding hydrogens is 290 g/mol. The molecule has 1 aromatic rings. The van der Waals surface area contributed by atoms with E-state index in [0.29, 0.717) is 25.8 Å². The first-order chi connectivity index (χ1) is 8.81. The molecule has 0 saturated carbocycles. The minimum absolute atomic E-state index is 0.0118. The molecule has 0 aromatic carbocycles. The van der Waals surface area contributed by atoms with Crippen molar-refractivity contribution in [3.05, 3.63) is 17.7 Å². The minimum atomic E-state index is -3.61. The van der Waals surface area contributed by atoms with Crippen LogP contribution < -0.4 is 0 Å². The SMILES string of the molecule is CC1(O)CCCN(S(=O)(=O)c2cnc(Cl)nc2)CC1. The fraction of sp³-hybridized carbons (Fsp3) is 0.636. The Morgan fingerprint density at radius 1 is 1.32 bits per heavy atom. The van der Waals surface area contributed by atoms with Gasteiger partial charge in [0.15, 0.2) is 0 Å². The number of hydrogen-bond acceptors (Lipinski definition) is 5. The number of rotatable bonds is 2. The number of nitrogens with zero attached hydrogens (tertiary/aromatic N) is 3. The predicted octanol–water partition coefficient (Wildman–Crippen LogP) is 1.06. The molecule has 0 aliphatic carbocycles. The number of aliphatic hydroxyl groups is 1. The van der Waals surface area contributed by atoms with E-state index in [4.69, 9.17) is 11.6 Å². The minimum Gasteiger partial charge on any atom is -0.390 e. The average molecular weight is 306 g/mol. The first kappa shape index (κ1) is 14.6. The second kappa shape index (κ2) is 5.32. The van der Waals surface area contributed by atoms with Gasteiger partial charge in [-0.2, -0.15) is 4.31 Å². The third kappa shape index (κ3) is 3.42. The molecule has 0 bridgehead atoms. The highest BCUT2D eigenvalue weighted by atomic mass is 35.5. The van der Waals surface area contributed by atoms with Gasteiger partial charge in [0, 0.05) is 13.1 Å². The van der Waals surface area contributed by atoms with Gasteiger partial charge in [-0.15, -0.1) is 0 Å². The maximum Gasteiger partial charge on any atom is 0.246 e. The van der Waals surface area contributed by atoms with Crippen molar-refractivity contribution in [2.24, 2.45) is 0 Å². The van der Waals surface area contributed by atoms with Crippen molar-refractivity contribution >= 4 is 21.6 Å². The highest BCUT2D eigenvalue weighted by Gasteiger charge is 2.31. The first-order valence-electron chi connectivity index (χ1n) is 6.01. The zero-order chi connectivity index (χ0) is 14.1. The smallest absolute Gasteiger partial charge is 0.246 e. The molecule has 8 heteroatoms. The fourth-order valence-electron chi connectivity index (χ4n) is 2.06. The fourth-order valence-corrected chi connectivity index (χ4v) is 3.53. The van der Waals surface area contributed by atoms with Crippen molar-refractivity contribution in [3.8, 4) is 0 Å². The molecule has 1 saturated heterocycles. The second-order valence-corrected chi connectivity index (χ2v) is 7.22. The Bertz CT molecular complexity index is 545. The van der Waals surface area contributed by atoms with E-state index in [1.54, 1.807) is 6.92 Å². The van der Waals surface area contributed by atoms with Crippen LogP contribution in [0.4, 0.5) is 0 Å². The zero-order valence-corrected chi connectivity index (χ0v) is 12.2. The first-order valence-corrected chi connectivity index (χ1v) is 7.83. The number of halogens is 1. The lowest BCUT2D eigenvalue weighted by Gasteiger charge is -2.22. The summed E-state index contributed by atoms with van der Waals surface area (Å²) in [6, 6.07) is 0. The third-order valence-electron chi connectivity index (χ3n) is 3.26. The maximum absolute atomic E-state index is 12.4. The Morgan fingerprint density at radius 3 is 2.58 bits per heavy atom. The Balaban J connectivity index is 2.22. The zero-order valence-electron chi connectivity index (χ0n) is 10.6. The van der Waals surface area contributed by atoms with Gasteiger partial charge in [0.1, 0.15) is 4.90 Å². The van der Waals surface area contributed by atoms with Crippen LogP contribution in [0.3, 0.4) is 0 Å². The standard InChI is InChI=1S/C11H16ClN3O3S/c1-11(16)3-2-5-15(6-4-11)19(17,18)9-7-13-10(12)14-8-9/h7-8,16H,2-6H2,1H3. The van der Waals surface area contributed by atoms with Crippen LogP contribution in [0.5, 0.6) is 0 Å². The van der Waals surface area contributed by atoms with Gasteiger partial charge in [0.05, 0.1) is 18.0 Å². The third-order valence-corrected chi connectivity index (χ3v) is 5.30. The van der Waals surface area contributed by atoms with Crippen molar-refractivity contribution in [2.75, 3.05) is 13.1 Å². The van der Waals surface area contributed by atoms with Crippen LogP contribution in [0.15, 0.2) is 17.3 Å². The number of sulfonamides is 1. The largest absolute Gasteiger partial charge is 0.390 e. The summed E-state index contributed by atoms with van der Waals surface area (Å²) in [5.74, 6) is 0. The van der Waals surface area contributed by atoms with E-state index >= 15 is 0 Å². The van der Waals surface area contributed by atoms with Gasteiger partial charge in [-0.1, -0.05) is 0 Å². The molecule has 106 valence electrons. The molecule has 2 rings (SSSR count). The van der Waals surface area contributed by atoms with E-state index in [1.165, 1.54) is 16.7 Å². The Labute approximate surface area is 117 Å². The summed E-state index contributed by atoms with van der Waals surface area (Å²) < 4.78 is 26.1. The maximum atomic E-state index is 12.4. The summed E-state index contributed by atoms with van der Waals surface area (Å²) in [7, 11) is -3.61. The summed E-state index contributed by atoms with van der Waals surface area (Å²) in [6.45, 7) is 2.41. The van der Waals surface area contributed by atoms with Crippen LogP contribution in [0.1, 0.15) is 26.2 Å². The number of hydrogen-bond donors (Lipinski definition) is 1. The van der Waals surface area contributed by atoms with E-state index in [0.717, 1.165) is 0 Å². The average Bonchev–Trinajstić information content (AvgIpc) is 2.51. The monoisotopic (exact) mass is 305 g/mol. The van der Waals surface area contributed by atoms with Crippen LogP contribution in [0, 0.1) is 0 Å².